The maximum Gasteiger partial charge on any atom is 0.241 e. The molecule has 1 saturated heterocycles. The minimum atomic E-state index is -3.71. The molecule has 136 valence electrons. The van der Waals surface area contributed by atoms with Crippen molar-refractivity contribution in [2.24, 2.45) is 0 Å². The Hall–Kier alpha value is -2.25. The average molecular weight is 374 g/mol. The van der Waals surface area contributed by atoms with E-state index in [-0.39, 0.29) is 16.6 Å². The quantitative estimate of drug-likeness (QED) is 0.875. The van der Waals surface area contributed by atoms with Gasteiger partial charge in [0.1, 0.15) is 5.82 Å². The molecule has 0 unspecified atom stereocenters. The summed E-state index contributed by atoms with van der Waals surface area (Å²) in [6, 6.07) is 12.3. The van der Waals surface area contributed by atoms with Crippen LogP contribution < -0.4 is 9.62 Å². The van der Waals surface area contributed by atoms with Gasteiger partial charge in [0, 0.05) is 18.7 Å². The molecule has 1 saturated carbocycles. The molecule has 0 radical (unpaired) electrons. The van der Waals surface area contributed by atoms with Crippen LogP contribution in [0, 0.1) is 5.82 Å². The SMILES string of the molecule is O=C1CCCN1c1ccc(S(=O)(=O)NC2(c3ccc(F)cc3)CC2)cc1. The number of nitrogens with zero attached hydrogens (tertiary/aromatic N) is 1. The van der Waals surface area contributed by atoms with Crippen LogP contribution in [0.3, 0.4) is 0 Å². The molecule has 2 aromatic rings. The molecule has 1 N–H and O–H groups in total. The molecule has 0 bridgehead atoms. The van der Waals surface area contributed by atoms with Gasteiger partial charge in [0.2, 0.25) is 15.9 Å². The van der Waals surface area contributed by atoms with Crippen LogP contribution in [0.4, 0.5) is 10.1 Å². The van der Waals surface area contributed by atoms with Gasteiger partial charge in [0.25, 0.3) is 0 Å². The third-order valence-corrected chi connectivity index (χ3v) is 6.56. The van der Waals surface area contributed by atoms with Crippen LogP contribution in [-0.4, -0.2) is 20.9 Å². The van der Waals surface area contributed by atoms with Crippen molar-refractivity contribution in [1.82, 2.24) is 4.72 Å². The fourth-order valence-electron chi connectivity index (χ4n) is 3.39. The van der Waals surface area contributed by atoms with Crippen molar-refractivity contribution in [3.8, 4) is 0 Å². The fraction of sp³-hybridized carbons (Fsp3) is 0.316. The molecule has 1 aliphatic heterocycles. The Labute approximate surface area is 151 Å². The van der Waals surface area contributed by atoms with E-state index in [4.69, 9.17) is 0 Å². The van der Waals surface area contributed by atoms with Gasteiger partial charge in [-0.15, -0.1) is 0 Å². The second-order valence-corrected chi connectivity index (χ2v) is 8.52. The zero-order valence-corrected chi connectivity index (χ0v) is 14.9. The Morgan fingerprint density at radius 3 is 2.19 bits per heavy atom. The molecule has 1 heterocycles. The molecule has 4 rings (SSSR count). The molecule has 7 heteroatoms. The molecule has 2 aliphatic rings. The monoisotopic (exact) mass is 374 g/mol. The second kappa shape index (κ2) is 6.17. The number of nitrogens with one attached hydrogen (secondary N) is 1. The van der Waals surface area contributed by atoms with Gasteiger partial charge in [-0.1, -0.05) is 12.1 Å². The summed E-state index contributed by atoms with van der Waals surface area (Å²) in [6.07, 6.45) is 2.71. The highest BCUT2D eigenvalue weighted by molar-refractivity contribution is 7.89. The summed E-state index contributed by atoms with van der Waals surface area (Å²) in [5.74, 6) is -0.286. The summed E-state index contributed by atoms with van der Waals surface area (Å²) >= 11 is 0. The highest BCUT2D eigenvalue weighted by Crippen LogP contribution is 2.46. The van der Waals surface area contributed by atoms with Gasteiger partial charge in [0.05, 0.1) is 10.4 Å². The highest BCUT2D eigenvalue weighted by atomic mass is 32.2. The molecule has 2 fully saturated rings. The molecule has 0 spiro atoms. The van der Waals surface area contributed by atoms with Crippen molar-refractivity contribution < 1.29 is 17.6 Å². The number of anilines is 1. The zero-order valence-electron chi connectivity index (χ0n) is 14.1. The van der Waals surface area contributed by atoms with Gasteiger partial charge in [-0.25, -0.2) is 17.5 Å². The first-order valence-electron chi connectivity index (χ1n) is 8.60. The van der Waals surface area contributed by atoms with Crippen LogP contribution in [-0.2, 0) is 20.4 Å². The van der Waals surface area contributed by atoms with Gasteiger partial charge in [-0.3, -0.25) is 4.79 Å². The molecule has 2 aromatic carbocycles. The lowest BCUT2D eigenvalue weighted by Gasteiger charge is -2.19. The predicted molar refractivity (Wildman–Crippen MR) is 95.7 cm³/mol. The molecule has 26 heavy (non-hydrogen) atoms. The lowest BCUT2D eigenvalue weighted by Crippen LogP contribution is -2.34. The number of rotatable bonds is 5. The molecule has 0 atom stereocenters. The summed E-state index contributed by atoms with van der Waals surface area (Å²) in [6.45, 7) is 0.664. The molecule has 1 aliphatic carbocycles. The minimum Gasteiger partial charge on any atom is -0.312 e. The zero-order chi connectivity index (χ0) is 18.4. The van der Waals surface area contributed by atoms with E-state index < -0.39 is 15.6 Å². The molecule has 1 amide bonds. The number of carbonyl (C=O) groups excluding carboxylic acids is 1. The summed E-state index contributed by atoms with van der Waals surface area (Å²) in [4.78, 5) is 13.6. The minimum absolute atomic E-state index is 0.0620. The first kappa shape index (κ1) is 17.2. The number of benzene rings is 2. The van der Waals surface area contributed by atoms with Crippen molar-refractivity contribution in [3.63, 3.8) is 0 Å². The Bertz CT molecular complexity index is 936. The molecule has 0 aromatic heterocycles. The largest absolute Gasteiger partial charge is 0.312 e. The van der Waals surface area contributed by atoms with Gasteiger partial charge in [-0.05, 0) is 61.2 Å². The first-order chi connectivity index (χ1) is 12.4. The molecular weight excluding hydrogens is 355 g/mol. The van der Waals surface area contributed by atoms with E-state index in [9.17, 15) is 17.6 Å². The van der Waals surface area contributed by atoms with Crippen LogP contribution in [0.1, 0.15) is 31.2 Å². The summed E-state index contributed by atoms with van der Waals surface area (Å²) < 4.78 is 41.4. The van der Waals surface area contributed by atoms with E-state index in [1.807, 2.05) is 0 Å². The normalized spacial score (nSPS) is 19.0. The Balaban J connectivity index is 1.55. The molecular formula is C19H19FN2O3S. The van der Waals surface area contributed by atoms with Gasteiger partial charge >= 0.3 is 0 Å². The van der Waals surface area contributed by atoms with Crippen molar-refractivity contribution in [2.45, 2.75) is 36.1 Å². The third-order valence-electron chi connectivity index (χ3n) is 5.01. The Kier molecular flexibility index (Phi) is 4.08. The number of sulfonamides is 1. The fourth-order valence-corrected chi connectivity index (χ4v) is 4.83. The van der Waals surface area contributed by atoms with Crippen molar-refractivity contribution in [2.75, 3.05) is 11.4 Å². The summed E-state index contributed by atoms with van der Waals surface area (Å²) in [5.41, 5.74) is 0.823. The standard InChI is InChI=1S/C19H19FN2O3S/c20-15-5-3-14(4-6-15)19(11-12-19)21-26(24,25)17-9-7-16(8-10-17)22-13-1-2-18(22)23/h3-10,21H,1-2,11-13H2. The number of hydrogen-bond acceptors (Lipinski definition) is 3. The van der Waals surface area contributed by atoms with E-state index in [1.54, 1.807) is 29.2 Å². The van der Waals surface area contributed by atoms with Crippen LogP contribution in [0.5, 0.6) is 0 Å². The van der Waals surface area contributed by atoms with Crippen molar-refractivity contribution in [1.29, 1.82) is 0 Å². The second-order valence-electron chi connectivity index (χ2n) is 6.84. The van der Waals surface area contributed by atoms with Crippen LogP contribution in [0.2, 0.25) is 0 Å². The van der Waals surface area contributed by atoms with Crippen molar-refractivity contribution in [3.05, 3.63) is 59.9 Å². The Morgan fingerprint density at radius 2 is 1.65 bits per heavy atom. The van der Waals surface area contributed by atoms with Crippen molar-refractivity contribution >= 4 is 21.6 Å². The van der Waals surface area contributed by atoms with Gasteiger partial charge in [0.15, 0.2) is 0 Å². The predicted octanol–water partition coefficient (Wildman–Crippen LogP) is 2.92. The maximum absolute atomic E-state index is 13.1. The Morgan fingerprint density at radius 1 is 1.00 bits per heavy atom. The topological polar surface area (TPSA) is 66.5 Å². The summed E-state index contributed by atoms with van der Waals surface area (Å²) in [5, 5.41) is 0. The number of amides is 1. The van der Waals surface area contributed by atoms with E-state index in [0.29, 0.717) is 31.5 Å². The third kappa shape index (κ3) is 3.12. The van der Waals surface area contributed by atoms with E-state index >= 15 is 0 Å². The van der Waals surface area contributed by atoms with Gasteiger partial charge in [-0.2, -0.15) is 0 Å². The number of halogens is 1. The number of carbonyl (C=O) groups is 1. The van der Waals surface area contributed by atoms with E-state index in [1.165, 1.54) is 24.3 Å². The van der Waals surface area contributed by atoms with Crippen LogP contribution >= 0.6 is 0 Å². The highest BCUT2D eigenvalue weighted by Gasteiger charge is 2.47. The average Bonchev–Trinajstić information content (AvgIpc) is 3.26. The first-order valence-corrected chi connectivity index (χ1v) is 10.1. The van der Waals surface area contributed by atoms with Gasteiger partial charge < -0.3 is 4.90 Å². The molecule has 5 nitrogen and oxygen atoms in total. The van der Waals surface area contributed by atoms with E-state index in [0.717, 1.165) is 12.0 Å². The van der Waals surface area contributed by atoms with Crippen LogP contribution in [0.15, 0.2) is 53.4 Å². The maximum atomic E-state index is 13.1. The van der Waals surface area contributed by atoms with E-state index in [2.05, 4.69) is 4.72 Å². The lowest BCUT2D eigenvalue weighted by atomic mass is 10.1. The smallest absolute Gasteiger partial charge is 0.241 e. The van der Waals surface area contributed by atoms with Crippen LogP contribution in [0.25, 0.3) is 0 Å². The number of hydrogen-bond donors (Lipinski definition) is 1. The summed E-state index contributed by atoms with van der Waals surface area (Å²) in [7, 11) is -3.71. The lowest BCUT2D eigenvalue weighted by molar-refractivity contribution is -0.117.